The third kappa shape index (κ3) is 5.35. The van der Waals surface area contributed by atoms with Crippen LogP contribution in [0.1, 0.15) is 39.0 Å². The van der Waals surface area contributed by atoms with Crippen molar-refractivity contribution in [2.24, 2.45) is 0 Å². The Morgan fingerprint density at radius 2 is 1.86 bits per heavy atom. The predicted molar refractivity (Wildman–Crippen MR) is 68.3 cm³/mol. The molecule has 0 heterocycles. The predicted octanol–water partition coefficient (Wildman–Crippen LogP) is 1.41. The Labute approximate surface area is 120 Å². The van der Waals surface area contributed by atoms with Crippen LogP contribution in [0.2, 0.25) is 0 Å². The van der Waals surface area contributed by atoms with Gasteiger partial charge in [-0.2, -0.15) is 13.2 Å². The molecule has 0 aromatic rings. The number of halogens is 3. The van der Waals surface area contributed by atoms with Crippen molar-refractivity contribution in [2.75, 3.05) is 6.54 Å². The fourth-order valence-corrected chi connectivity index (χ4v) is 2.47. The van der Waals surface area contributed by atoms with Gasteiger partial charge in [0.1, 0.15) is 6.54 Å². The number of hydrogen-bond donors (Lipinski definition) is 1. The van der Waals surface area contributed by atoms with Crippen molar-refractivity contribution in [1.29, 1.82) is 0 Å². The van der Waals surface area contributed by atoms with Gasteiger partial charge in [-0.15, -0.1) is 0 Å². The van der Waals surface area contributed by atoms with E-state index in [9.17, 15) is 27.6 Å². The highest BCUT2D eigenvalue weighted by atomic mass is 19.4. The third-order valence-electron chi connectivity index (χ3n) is 3.62. The van der Waals surface area contributed by atoms with Gasteiger partial charge in [0.05, 0.1) is 6.04 Å². The summed E-state index contributed by atoms with van der Waals surface area (Å²) in [5, 5.41) is 1.53. The molecule has 1 atom stereocenters. The Balaban J connectivity index is 2.61. The summed E-state index contributed by atoms with van der Waals surface area (Å²) in [6, 6.07) is -1.19. The quantitative estimate of drug-likeness (QED) is 0.596. The number of Topliss-reactive ketones (excluding diaryl/α,β-unsaturated/α-hetero) is 1. The highest BCUT2D eigenvalue weighted by Crippen LogP contribution is 2.23. The molecule has 0 aromatic heterocycles. The molecule has 8 heteroatoms. The molecule has 1 aliphatic carbocycles. The maximum absolute atomic E-state index is 12.0. The summed E-state index contributed by atoms with van der Waals surface area (Å²) < 4.78 is 36.0. The standard InChI is InChI=1S/C13H19F3N2O3/c1-9(11(20)12(21)17-7-13(14,15)16)18(8-19)10-5-3-2-4-6-10/h8-10H,2-7H2,1H3,(H,17,21). The molecule has 1 rings (SSSR count). The lowest BCUT2D eigenvalue weighted by Gasteiger charge is -2.34. The molecule has 0 aliphatic heterocycles. The van der Waals surface area contributed by atoms with Gasteiger partial charge in [0.15, 0.2) is 0 Å². The van der Waals surface area contributed by atoms with Crippen LogP contribution in [0.15, 0.2) is 0 Å². The summed E-state index contributed by atoms with van der Waals surface area (Å²) in [5.74, 6) is -2.35. The van der Waals surface area contributed by atoms with Crippen LogP contribution in [0.25, 0.3) is 0 Å². The van der Waals surface area contributed by atoms with E-state index in [-0.39, 0.29) is 6.04 Å². The van der Waals surface area contributed by atoms with Crippen molar-refractivity contribution in [2.45, 2.75) is 57.3 Å². The normalized spacial score (nSPS) is 17.9. The molecule has 0 aromatic carbocycles. The zero-order chi connectivity index (χ0) is 16.0. The first-order valence-corrected chi connectivity index (χ1v) is 6.88. The first-order valence-electron chi connectivity index (χ1n) is 6.88. The maximum Gasteiger partial charge on any atom is 0.405 e. The van der Waals surface area contributed by atoms with Crippen LogP contribution in [0.4, 0.5) is 13.2 Å². The van der Waals surface area contributed by atoms with Gasteiger partial charge >= 0.3 is 6.18 Å². The average molecular weight is 308 g/mol. The average Bonchev–Trinajstić information content (AvgIpc) is 2.45. The van der Waals surface area contributed by atoms with E-state index in [4.69, 9.17) is 0 Å². The van der Waals surface area contributed by atoms with Crippen LogP contribution in [0.3, 0.4) is 0 Å². The summed E-state index contributed by atoms with van der Waals surface area (Å²) in [7, 11) is 0. The molecule has 1 unspecified atom stereocenters. The van der Waals surface area contributed by atoms with Gasteiger partial charge in [-0.1, -0.05) is 19.3 Å². The number of rotatable bonds is 6. The molecule has 5 nitrogen and oxygen atoms in total. The zero-order valence-corrected chi connectivity index (χ0v) is 11.8. The van der Waals surface area contributed by atoms with Crippen LogP contribution in [0, 0.1) is 0 Å². The molecule has 21 heavy (non-hydrogen) atoms. The third-order valence-corrected chi connectivity index (χ3v) is 3.62. The van der Waals surface area contributed by atoms with E-state index in [0.29, 0.717) is 6.41 Å². The Morgan fingerprint density at radius 1 is 1.29 bits per heavy atom. The van der Waals surface area contributed by atoms with Gasteiger partial charge in [-0.3, -0.25) is 14.4 Å². The van der Waals surface area contributed by atoms with Crippen molar-refractivity contribution in [3.63, 3.8) is 0 Å². The lowest BCUT2D eigenvalue weighted by atomic mass is 9.93. The molecule has 1 fully saturated rings. The van der Waals surface area contributed by atoms with Gasteiger partial charge in [-0.05, 0) is 19.8 Å². The SMILES string of the molecule is CC(C(=O)C(=O)NCC(F)(F)F)N(C=O)C1CCCCC1. The summed E-state index contributed by atoms with van der Waals surface area (Å²) in [6.45, 7) is -0.201. The largest absolute Gasteiger partial charge is 0.405 e. The van der Waals surface area contributed by atoms with Gasteiger partial charge < -0.3 is 10.2 Å². The van der Waals surface area contributed by atoms with E-state index in [2.05, 4.69) is 0 Å². The number of nitrogens with one attached hydrogen (secondary N) is 1. The fraction of sp³-hybridized carbons (Fsp3) is 0.769. The van der Waals surface area contributed by atoms with Crippen LogP contribution in [-0.4, -0.2) is 47.8 Å². The topological polar surface area (TPSA) is 66.5 Å². The summed E-state index contributed by atoms with van der Waals surface area (Å²) in [6.07, 6.45) is 0.299. The second-order valence-electron chi connectivity index (χ2n) is 5.18. The van der Waals surface area contributed by atoms with Gasteiger partial charge in [0.25, 0.3) is 5.91 Å². The first-order chi connectivity index (χ1) is 9.76. The van der Waals surface area contributed by atoms with Gasteiger partial charge in [0.2, 0.25) is 12.2 Å². The molecule has 0 bridgehead atoms. The monoisotopic (exact) mass is 308 g/mol. The molecule has 2 amide bonds. The number of amides is 2. The molecule has 1 saturated carbocycles. The Bertz CT molecular complexity index is 393. The van der Waals surface area contributed by atoms with Crippen molar-refractivity contribution >= 4 is 18.1 Å². The molecule has 0 saturated heterocycles. The molecular weight excluding hydrogens is 289 g/mol. The van der Waals surface area contributed by atoms with Crippen LogP contribution < -0.4 is 5.32 Å². The molecule has 0 radical (unpaired) electrons. The van der Waals surface area contributed by atoms with E-state index in [1.54, 1.807) is 0 Å². The zero-order valence-electron chi connectivity index (χ0n) is 11.8. The minimum Gasteiger partial charge on any atom is -0.340 e. The Morgan fingerprint density at radius 3 is 2.33 bits per heavy atom. The summed E-state index contributed by atoms with van der Waals surface area (Å²) in [5.41, 5.74) is 0. The molecule has 1 N–H and O–H groups in total. The fourth-order valence-electron chi connectivity index (χ4n) is 2.47. The van der Waals surface area contributed by atoms with Gasteiger partial charge in [-0.25, -0.2) is 0 Å². The van der Waals surface area contributed by atoms with Crippen LogP contribution in [-0.2, 0) is 14.4 Å². The number of ketones is 1. The van der Waals surface area contributed by atoms with E-state index in [0.717, 1.165) is 32.1 Å². The van der Waals surface area contributed by atoms with Crippen molar-refractivity contribution in [3.8, 4) is 0 Å². The Kier molecular flexibility index (Phi) is 6.17. The highest BCUT2D eigenvalue weighted by Gasteiger charge is 2.34. The number of hydrogen-bond acceptors (Lipinski definition) is 3. The lowest BCUT2D eigenvalue weighted by Crippen LogP contribution is -2.51. The lowest BCUT2D eigenvalue weighted by molar-refractivity contribution is -0.149. The van der Waals surface area contributed by atoms with E-state index in [1.807, 2.05) is 0 Å². The van der Waals surface area contributed by atoms with E-state index >= 15 is 0 Å². The molecule has 0 spiro atoms. The van der Waals surface area contributed by atoms with E-state index in [1.165, 1.54) is 17.1 Å². The van der Waals surface area contributed by atoms with Crippen molar-refractivity contribution in [3.05, 3.63) is 0 Å². The van der Waals surface area contributed by atoms with E-state index < -0.39 is 30.5 Å². The first kappa shape index (κ1) is 17.5. The summed E-state index contributed by atoms with van der Waals surface area (Å²) >= 11 is 0. The van der Waals surface area contributed by atoms with Crippen molar-refractivity contribution in [1.82, 2.24) is 10.2 Å². The minimum atomic E-state index is -4.58. The second kappa shape index (κ2) is 7.42. The molecular formula is C13H19F3N2O3. The Hall–Kier alpha value is -1.60. The smallest absolute Gasteiger partial charge is 0.340 e. The molecule has 120 valence electrons. The van der Waals surface area contributed by atoms with Crippen LogP contribution >= 0.6 is 0 Å². The number of alkyl halides is 3. The number of carbonyl (C=O) groups is 3. The highest BCUT2D eigenvalue weighted by molar-refractivity contribution is 6.38. The number of carbonyl (C=O) groups excluding carboxylic acids is 3. The summed E-state index contributed by atoms with van der Waals surface area (Å²) in [4.78, 5) is 35.7. The number of nitrogens with zero attached hydrogens (tertiary/aromatic N) is 1. The maximum atomic E-state index is 12.0. The molecule has 1 aliphatic rings. The minimum absolute atomic E-state index is 0.134. The van der Waals surface area contributed by atoms with Crippen molar-refractivity contribution < 1.29 is 27.6 Å². The van der Waals surface area contributed by atoms with Crippen LogP contribution in [0.5, 0.6) is 0 Å². The van der Waals surface area contributed by atoms with Gasteiger partial charge in [0, 0.05) is 6.04 Å². The second-order valence-corrected chi connectivity index (χ2v) is 5.18.